The number of aliphatic hydroxyl groups is 1. The average Bonchev–Trinajstić information content (AvgIpc) is 2.81. The van der Waals surface area contributed by atoms with E-state index in [-0.39, 0.29) is 30.3 Å². The summed E-state index contributed by atoms with van der Waals surface area (Å²) < 4.78 is 5.64. The summed E-state index contributed by atoms with van der Waals surface area (Å²) in [5, 5.41) is 15.7. The van der Waals surface area contributed by atoms with Crippen LogP contribution in [0.15, 0.2) is 24.3 Å². The summed E-state index contributed by atoms with van der Waals surface area (Å²) in [5.74, 6) is 0.488. The number of carbonyl (C=O) groups is 1. The Hall–Kier alpha value is -1.30. The second-order valence-corrected chi connectivity index (χ2v) is 5.36. The second kappa shape index (κ2) is 8.22. The van der Waals surface area contributed by atoms with Crippen LogP contribution >= 0.6 is 12.4 Å². The third-order valence-corrected chi connectivity index (χ3v) is 3.32. The topological polar surface area (TPSA) is 70.6 Å². The maximum atomic E-state index is 12.2. The van der Waals surface area contributed by atoms with Crippen LogP contribution in [0.2, 0.25) is 0 Å². The lowest BCUT2D eigenvalue weighted by molar-refractivity contribution is 0.0921. The number of carbonyl (C=O) groups excluding carboxylic acids is 1. The first kappa shape index (κ1) is 17.8. The van der Waals surface area contributed by atoms with Crippen molar-refractivity contribution in [3.63, 3.8) is 0 Å². The fraction of sp³-hybridized carbons (Fsp3) is 0.533. The molecule has 0 spiro atoms. The van der Waals surface area contributed by atoms with Crippen LogP contribution in [0, 0.1) is 5.92 Å². The van der Waals surface area contributed by atoms with Crippen LogP contribution in [-0.2, 0) is 0 Å². The molecule has 2 atom stereocenters. The van der Waals surface area contributed by atoms with E-state index in [9.17, 15) is 9.90 Å². The molecule has 118 valence electrons. The van der Waals surface area contributed by atoms with Crippen LogP contribution in [0.1, 0.15) is 24.2 Å². The molecule has 1 aliphatic heterocycles. The van der Waals surface area contributed by atoms with E-state index in [1.165, 1.54) is 0 Å². The van der Waals surface area contributed by atoms with Crippen molar-refractivity contribution in [2.24, 2.45) is 5.92 Å². The lowest BCUT2D eigenvalue weighted by Crippen LogP contribution is -2.34. The van der Waals surface area contributed by atoms with Crippen LogP contribution in [0.25, 0.3) is 0 Å². The maximum absolute atomic E-state index is 12.2. The number of rotatable bonds is 5. The van der Waals surface area contributed by atoms with E-state index in [1.54, 1.807) is 12.1 Å². The van der Waals surface area contributed by atoms with Gasteiger partial charge in [-0.15, -0.1) is 12.4 Å². The molecule has 2 rings (SSSR count). The summed E-state index contributed by atoms with van der Waals surface area (Å²) in [6.45, 7) is 5.63. The van der Waals surface area contributed by atoms with Crippen molar-refractivity contribution < 1.29 is 14.6 Å². The monoisotopic (exact) mass is 314 g/mol. The molecule has 1 saturated heterocycles. The van der Waals surface area contributed by atoms with Crippen LogP contribution < -0.4 is 15.4 Å². The Bertz CT molecular complexity index is 468. The molecule has 1 aromatic rings. The van der Waals surface area contributed by atoms with Gasteiger partial charge in [0.15, 0.2) is 0 Å². The molecule has 2 unspecified atom stereocenters. The summed E-state index contributed by atoms with van der Waals surface area (Å²) in [4.78, 5) is 12.2. The number of para-hydroxylation sites is 1. The Kier molecular flexibility index (Phi) is 6.95. The Labute approximate surface area is 131 Å². The van der Waals surface area contributed by atoms with Crippen molar-refractivity contribution in [2.75, 3.05) is 19.6 Å². The minimum Gasteiger partial charge on any atom is -0.490 e. The summed E-state index contributed by atoms with van der Waals surface area (Å²) in [7, 11) is 0. The third-order valence-electron chi connectivity index (χ3n) is 3.32. The van der Waals surface area contributed by atoms with Crippen molar-refractivity contribution in [3.8, 4) is 5.75 Å². The second-order valence-electron chi connectivity index (χ2n) is 5.36. The molecule has 0 radical (unpaired) electrons. The van der Waals surface area contributed by atoms with Gasteiger partial charge in [0.05, 0.1) is 17.8 Å². The quantitative estimate of drug-likeness (QED) is 0.764. The lowest BCUT2D eigenvalue weighted by atomic mass is 10.1. The van der Waals surface area contributed by atoms with Gasteiger partial charge < -0.3 is 20.5 Å². The van der Waals surface area contributed by atoms with E-state index in [4.69, 9.17) is 4.74 Å². The Morgan fingerprint density at radius 1 is 1.43 bits per heavy atom. The highest BCUT2D eigenvalue weighted by molar-refractivity contribution is 5.96. The molecule has 0 aliphatic carbocycles. The summed E-state index contributed by atoms with van der Waals surface area (Å²) in [6.07, 6.45) is -0.373. The highest BCUT2D eigenvalue weighted by Gasteiger charge is 2.25. The van der Waals surface area contributed by atoms with E-state index in [0.29, 0.717) is 24.4 Å². The SMILES string of the molecule is CC(C)Oc1ccccc1C(=O)NCC1CNCC1O.Cl. The van der Waals surface area contributed by atoms with Gasteiger partial charge in [-0.25, -0.2) is 0 Å². The molecule has 0 bridgehead atoms. The van der Waals surface area contributed by atoms with Crippen LogP contribution in [0.3, 0.4) is 0 Å². The Morgan fingerprint density at radius 3 is 2.76 bits per heavy atom. The molecule has 1 aliphatic rings. The molecule has 0 saturated carbocycles. The predicted molar refractivity (Wildman–Crippen MR) is 84.2 cm³/mol. The first-order valence-electron chi connectivity index (χ1n) is 7.00. The van der Waals surface area contributed by atoms with Gasteiger partial charge in [-0.2, -0.15) is 0 Å². The molecule has 1 aromatic carbocycles. The van der Waals surface area contributed by atoms with E-state index in [2.05, 4.69) is 10.6 Å². The van der Waals surface area contributed by atoms with Crippen molar-refractivity contribution in [2.45, 2.75) is 26.1 Å². The van der Waals surface area contributed by atoms with Crippen LogP contribution in [0.4, 0.5) is 0 Å². The van der Waals surface area contributed by atoms with Gasteiger partial charge in [0.25, 0.3) is 5.91 Å². The van der Waals surface area contributed by atoms with Gasteiger partial charge in [0.2, 0.25) is 0 Å². The standard InChI is InChI=1S/C15H22N2O3.ClH/c1-10(2)20-14-6-4-3-5-12(14)15(19)17-8-11-7-16-9-13(11)18;/h3-6,10-11,13,16,18H,7-9H2,1-2H3,(H,17,19);1H. The molecule has 21 heavy (non-hydrogen) atoms. The number of halogens is 1. The van der Waals surface area contributed by atoms with Crippen molar-refractivity contribution in [3.05, 3.63) is 29.8 Å². The molecular formula is C15H23ClN2O3. The summed E-state index contributed by atoms with van der Waals surface area (Å²) in [6, 6.07) is 7.20. The maximum Gasteiger partial charge on any atom is 0.255 e. The van der Waals surface area contributed by atoms with Crippen LogP contribution in [0.5, 0.6) is 5.75 Å². The third kappa shape index (κ3) is 4.88. The molecule has 1 amide bonds. The molecule has 0 aromatic heterocycles. The summed E-state index contributed by atoms with van der Waals surface area (Å²) >= 11 is 0. The number of hydrogen-bond donors (Lipinski definition) is 3. The number of benzene rings is 1. The van der Waals surface area contributed by atoms with E-state index in [1.807, 2.05) is 26.0 Å². The van der Waals surface area contributed by atoms with E-state index >= 15 is 0 Å². The molecule has 1 heterocycles. The molecule has 6 heteroatoms. The first-order valence-corrected chi connectivity index (χ1v) is 7.00. The van der Waals surface area contributed by atoms with Gasteiger partial charge >= 0.3 is 0 Å². The number of ether oxygens (including phenoxy) is 1. The molecular weight excluding hydrogens is 292 g/mol. The van der Waals surface area contributed by atoms with Crippen molar-refractivity contribution in [1.29, 1.82) is 0 Å². The van der Waals surface area contributed by atoms with Crippen molar-refractivity contribution in [1.82, 2.24) is 10.6 Å². The normalized spacial score (nSPS) is 21.0. The molecule has 1 fully saturated rings. The lowest BCUT2D eigenvalue weighted by Gasteiger charge is -2.16. The predicted octanol–water partition coefficient (Wildman–Crippen LogP) is 1.21. The van der Waals surface area contributed by atoms with Gasteiger partial charge in [-0.1, -0.05) is 12.1 Å². The number of hydrogen-bond acceptors (Lipinski definition) is 4. The molecule has 3 N–H and O–H groups in total. The van der Waals surface area contributed by atoms with Gasteiger partial charge in [0.1, 0.15) is 5.75 Å². The Balaban J connectivity index is 0.00000220. The highest BCUT2D eigenvalue weighted by Crippen LogP contribution is 2.19. The fourth-order valence-electron chi connectivity index (χ4n) is 2.26. The number of aliphatic hydroxyl groups excluding tert-OH is 1. The smallest absolute Gasteiger partial charge is 0.255 e. The zero-order valence-corrected chi connectivity index (χ0v) is 13.2. The van der Waals surface area contributed by atoms with E-state index < -0.39 is 6.10 Å². The zero-order valence-electron chi connectivity index (χ0n) is 12.3. The van der Waals surface area contributed by atoms with Gasteiger partial charge in [-0.05, 0) is 26.0 Å². The first-order chi connectivity index (χ1) is 9.58. The molecule has 5 nitrogen and oxygen atoms in total. The number of β-amino-alcohol motifs (C(OH)–C–C–N with tert-alkyl or cyclic N) is 1. The Morgan fingerprint density at radius 2 is 2.14 bits per heavy atom. The van der Waals surface area contributed by atoms with Crippen molar-refractivity contribution >= 4 is 18.3 Å². The zero-order chi connectivity index (χ0) is 14.5. The number of nitrogens with one attached hydrogen (secondary N) is 2. The number of amides is 1. The minimum atomic E-state index is -0.391. The average molecular weight is 315 g/mol. The largest absolute Gasteiger partial charge is 0.490 e. The van der Waals surface area contributed by atoms with Crippen LogP contribution in [-0.4, -0.2) is 42.9 Å². The van der Waals surface area contributed by atoms with Gasteiger partial charge in [-0.3, -0.25) is 4.79 Å². The minimum absolute atomic E-state index is 0. The van der Waals surface area contributed by atoms with E-state index in [0.717, 1.165) is 6.54 Å². The fourth-order valence-corrected chi connectivity index (χ4v) is 2.26. The van der Waals surface area contributed by atoms with Gasteiger partial charge in [0, 0.05) is 25.6 Å². The summed E-state index contributed by atoms with van der Waals surface area (Å²) in [5.41, 5.74) is 0.529. The highest BCUT2D eigenvalue weighted by atomic mass is 35.5.